The zero-order valence-electron chi connectivity index (χ0n) is 10.8. The number of rotatable bonds is 3. The van der Waals surface area contributed by atoms with Gasteiger partial charge in [-0.3, -0.25) is 4.90 Å². The number of halogens is 4. The molecule has 0 aromatic carbocycles. The predicted octanol–water partition coefficient (Wildman–Crippen LogP) is 1.93. The molecule has 1 unspecified atom stereocenters. The Labute approximate surface area is 114 Å². The molecule has 1 aliphatic rings. The van der Waals surface area contributed by atoms with Crippen LogP contribution in [0.5, 0.6) is 0 Å². The second-order valence-electron chi connectivity index (χ2n) is 4.80. The minimum absolute atomic E-state index is 0.228. The fourth-order valence-electron chi connectivity index (χ4n) is 2.33. The van der Waals surface area contributed by atoms with Gasteiger partial charge in [0, 0.05) is 37.6 Å². The Morgan fingerprint density at radius 2 is 1.80 bits per heavy atom. The van der Waals surface area contributed by atoms with Gasteiger partial charge in [-0.15, -0.1) is 0 Å². The van der Waals surface area contributed by atoms with E-state index in [1.807, 2.05) is 4.90 Å². The van der Waals surface area contributed by atoms with Crippen LogP contribution >= 0.6 is 0 Å². The molecule has 0 amide bonds. The number of alkyl halides is 4. The topological polar surface area (TPSA) is 55.0 Å². The summed E-state index contributed by atoms with van der Waals surface area (Å²) in [5.74, 6) is -1.17. The van der Waals surface area contributed by atoms with E-state index in [0.717, 1.165) is 12.4 Å². The molecule has 2 heterocycles. The molecule has 0 spiro atoms. The van der Waals surface area contributed by atoms with Gasteiger partial charge in [0.2, 0.25) is 5.82 Å². The summed E-state index contributed by atoms with van der Waals surface area (Å²) in [4.78, 5) is 8.63. The Morgan fingerprint density at radius 3 is 2.25 bits per heavy atom. The third-order valence-corrected chi connectivity index (χ3v) is 3.43. The van der Waals surface area contributed by atoms with E-state index in [2.05, 4.69) is 9.97 Å². The zero-order chi connectivity index (χ0) is 14.8. The Hall–Kier alpha value is -1.28. The van der Waals surface area contributed by atoms with E-state index in [4.69, 9.17) is 5.73 Å². The van der Waals surface area contributed by atoms with Crippen LogP contribution in [0.4, 0.5) is 17.6 Å². The molecule has 1 aromatic heterocycles. The lowest BCUT2D eigenvalue weighted by Crippen LogP contribution is -2.40. The summed E-state index contributed by atoms with van der Waals surface area (Å²) in [6.45, 7) is 1.29. The van der Waals surface area contributed by atoms with Crippen molar-refractivity contribution >= 4 is 0 Å². The van der Waals surface area contributed by atoms with Crippen LogP contribution < -0.4 is 5.73 Å². The fraction of sp³-hybridized carbons (Fsp3) is 0.667. The van der Waals surface area contributed by atoms with Crippen molar-refractivity contribution in [3.63, 3.8) is 0 Å². The monoisotopic (exact) mass is 292 g/mol. The number of nitrogens with two attached hydrogens (primary N) is 1. The van der Waals surface area contributed by atoms with Crippen LogP contribution in [-0.4, -0.2) is 40.7 Å². The van der Waals surface area contributed by atoms with Crippen LogP contribution in [-0.2, 0) is 6.18 Å². The van der Waals surface area contributed by atoms with Gasteiger partial charge in [-0.05, 0) is 12.8 Å². The van der Waals surface area contributed by atoms with Gasteiger partial charge in [-0.25, -0.2) is 14.4 Å². The first-order chi connectivity index (χ1) is 9.41. The number of likely N-dealkylation sites (tertiary alicyclic amines) is 1. The molecule has 0 aliphatic carbocycles. The lowest BCUT2D eigenvalue weighted by molar-refractivity contribution is -0.145. The Morgan fingerprint density at radius 1 is 1.25 bits per heavy atom. The van der Waals surface area contributed by atoms with Gasteiger partial charge in [0.25, 0.3) is 0 Å². The van der Waals surface area contributed by atoms with Crippen molar-refractivity contribution in [2.24, 2.45) is 5.73 Å². The lowest BCUT2D eigenvalue weighted by atomic mass is 10.0. The van der Waals surface area contributed by atoms with E-state index in [1.54, 1.807) is 0 Å². The molecule has 112 valence electrons. The molecule has 4 nitrogen and oxygen atoms in total. The molecule has 1 saturated heterocycles. The van der Waals surface area contributed by atoms with Crippen molar-refractivity contribution in [3.8, 4) is 0 Å². The minimum atomic E-state index is -4.55. The van der Waals surface area contributed by atoms with Crippen LogP contribution in [0.15, 0.2) is 12.4 Å². The van der Waals surface area contributed by atoms with E-state index < -0.39 is 18.2 Å². The van der Waals surface area contributed by atoms with Gasteiger partial charge in [-0.1, -0.05) is 0 Å². The van der Waals surface area contributed by atoms with Gasteiger partial charge in [0.15, 0.2) is 0 Å². The maximum absolute atomic E-state index is 13.1. The minimum Gasteiger partial charge on any atom is -0.329 e. The molecular weight excluding hydrogens is 276 g/mol. The van der Waals surface area contributed by atoms with Crippen molar-refractivity contribution in [2.45, 2.75) is 31.2 Å². The van der Waals surface area contributed by atoms with E-state index in [1.165, 1.54) is 0 Å². The highest BCUT2D eigenvalue weighted by Gasteiger charge is 2.35. The highest BCUT2D eigenvalue weighted by Crippen LogP contribution is 2.28. The summed E-state index contributed by atoms with van der Waals surface area (Å²) in [5.41, 5.74) is 6.21. The average Bonchev–Trinajstić information content (AvgIpc) is 2.41. The second-order valence-corrected chi connectivity index (χ2v) is 4.80. The summed E-state index contributed by atoms with van der Waals surface area (Å²) < 4.78 is 50.3. The molecule has 0 saturated carbocycles. The molecule has 0 radical (unpaired) electrons. The molecule has 1 fully saturated rings. The summed E-state index contributed by atoms with van der Waals surface area (Å²) in [5, 5.41) is 0. The van der Waals surface area contributed by atoms with E-state index in [-0.39, 0.29) is 12.6 Å². The molecule has 0 bridgehead atoms. The van der Waals surface area contributed by atoms with Gasteiger partial charge in [0.05, 0.1) is 6.04 Å². The van der Waals surface area contributed by atoms with Crippen LogP contribution in [0, 0.1) is 0 Å². The summed E-state index contributed by atoms with van der Waals surface area (Å²) >= 11 is 0. The number of nitrogens with zero attached hydrogens (tertiary/aromatic N) is 3. The maximum atomic E-state index is 13.1. The molecule has 8 heteroatoms. The van der Waals surface area contributed by atoms with Gasteiger partial charge in [-0.2, -0.15) is 13.2 Å². The largest absolute Gasteiger partial charge is 0.451 e. The van der Waals surface area contributed by atoms with Crippen LogP contribution in [0.3, 0.4) is 0 Å². The van der Waals surface area contributed by atoms with Crippen LogP contribution in [0.1, 0.15) is 30.3 Å². The average molecular weight is 292 g/mol. The molecule has 2 rings (SSSR count). The SMILES string of the molecule is NCC(c1cnc(C(F)(F)F)nc1)N1CCC(F)CC1. The van der Waals surface area contributed by atoms with Crippen molar-refractivity contribution in [1.29, 1.82) is 0 Å². The predicted molar refractivity (Wildman–Crippen MR) is 64.5 cm³/mol. The fourth-order valence-corrected chi connectivity index (χ4v) is 2.33. The van der Waals surface area contributed by atoms with E-state index >= 15 is 0 Å². The lowest BCUT2D eigenvalue weighted by Gasteiger charge is -2.35. The maximum Gasteiger partial charge on any atom is 0.451 e. The molecule has 1 atom stereocenters. The van der Waals surface area contributed by atoms with Gasteiger partial charge >= 0.3 is 6.18 Å². The molecular formula is C12H16F4N4. The van der Waals surface area contributed by atoms with Gasteiger partial charge in [0.1, 0.15) is 6.17 Å². The summed E-state index contributed by atoms with van der Waals surface area (Å²) in [6.07, 6.45) is -2.24. The first-order valence-corrected chi connectivity index (χ1v) is 6.39. The number of hydrogen-bond donors (Lipinski definition) is 1. The van der Waals surface area contributed by atoms with E-state index in [9.17, 15) is 17.6 Å². The second kappa shape index (κ2) is 6.01. The Kier molecular flexibility index (Phi) is 4.54. The molecule has 1 aliphatic heterocycles. The van der Waals surface area contributed by atoms with Crippen molar-refractivity contribution < 1.29 is 17.6 Å². The quantitative estimate of drug-likeness (QED) is 0.865. The highest BCUT2D eigenvalue weighted by molar-refractivity contribution is 5.13. The normalized spacial score (nSPS) is 20.1. The zero-order valence-corrected chi connectivity index (χ0v) is 10.8. The number of hydrogen-bond acceptors (Lipinski definition) is 4. The summed E-state index contributed by atoms with van der Waals surface area (Å²) in [6, 6.07) is -0.273. The Bertz CT molecular complexity index is 426. The molecule has 2 N–H and O–H groups in total. The van der Waals surface area contributed by atoms with Crippen molar-refractivity contribution in [2.75, 3.05) is 19.6 Å². The van der Waals surface area contributed by atoms with Crippen LogP contribution in [0.2, 0.25) is 0 Å². The number of piperidine rings is 1. The molecule has 1 aromatic rings. The highest BCUT2D eigenvalue weighted by atomic mass is 19.4. The third-order valence-electron chi connectivity index (χ3n) is 3.43. The third kappa shape index (κ3) is 3.43. The molecule has 20 heavy (non-hydrogen) atoms. The smallest absolute Gasteiger partial charge is 0.329 e. The van der Waals surface area contributed by atoms with Crippen molar-refractivity contribution in [3.05, 3.63) is 23.8 Å². The van der Waals surface area contributed by atoms with E-state index in [0.29, 0.717) is 31.5 Å². The summed E-state index contributed by atoms with van der Waals surface area (Å²) in [7, 11) is 0. The van der Waals surface area contributed by atoms with Crippen molar-refractivity contribution in [1.82, 2.24) is 14.9 Å². The first kappa shape index (κ1) is 15.1. The van der Waals surface area contributed by atoms with Gasteiger partial charge < -0.3 is 5.73 Å². The Balaban J connectivity index is 2.11. The van der Waals surface area contributed by atoms with Crippen LogP contribution in [0.25, 0.3) is 0 Å². The number of aromatic nitrogens is 2. The standard InChI is InChI=1S/C12H16F4N4/c13-9-1-3-20(4-2-9)10(5-17)8-6-18-11(19-7-8)12(14,15)16/h6-7,9-10H,1-5,17H2. The first-order valence-electron chi connectivity index (χ1n) is 6.39.